The molecule has 13 heteroatoms. The number of aromatic amines is 1. The summed E-state index contributed by atoms with van der Waals surface area (Å²) in [7, 11) is 0. The van der Waals surface area contributed by atoms with Crippen molar-refractivity contribution in [1.29, 1.82) is 0 Å². The minimum Gasteiger partial charge on any atom is -0.317 e. The summed E-state index contributed by atoms with van der Waals surface area (Å²) in [6.45, 7) is 6.80. The van der Waals surface area contributed by atoms with Crippen LogP contribution in [0, 0.1) is 11.3 Å². The average molecular weight is 578 g/mol. The van der Waals surface area contributed by atoms with Gasteiger partial charge in [-0.15, -0.1) is 5.10 Å². The van der Waals surface area contributed by atoms with Crippen LogP contribution in [0.15, 0.2) is 42.5 Å². The number of nitrogens with one attached hydrogen (secondary N) is 3. The van der Waals surface area contributed by atoms with Crippen molar-refractivity contribution in [2.75, 3.05) is 10.6 Å². The van der Waals surface area contributed by atoms with Crippen LogP contribution in [0.5, 0.6) is 0 Å². The Morgan fingerprint density at radius 1 is 1.02 bits per heavy atom. The molecule has 3 amide bonds. The number of rotatable bonds is 6. The molecule has 1 heterocycles. The van der Waals surface area contributed by atoms with Crippen LogP contribution in [-0.2, 0) is 12.7 Å². The molecule has 0 bridgehead atoms. The number of amides is 3. The van der Waals surface area contributed by atoms with E-state index in [9.17, 15) is 22.8 Å². The molecule has 1 aliphatic carbocycles. The molecule has 0 unspecified atom stereocenters. The van der Waals surface area contributed by atoms with Crippen LogP contribution < -0.4 is 10.6 Å². The number of carbonyl (C=O) groups excluding carboxylic acids is 2. The number of alkyl halides is 3. The summed E-state index contributed by atoms with van der Waals surface area (Å²) in [5, 5.41) is 18.1. The largest absolute Gasteiger partial charge is 0.416 e. The number of anilines is 2. The second-order valence-corrected chi connectivity index (χ2v) is 11.4. The first kappa shape index (κ1) is 29.3. The second kappa shape index (κ2) is 11.8. The smallest absolute Gasteiger partial charge is 0.317 e. The molecule has 1 aliphatic rings. The van der Waals surface area contributed by atoms with Gasteiger partial charge in [-0.05, 0) is 78.1 Å². The summed E-state index contributed by atoms with van der Waals surface area (Å²) in [5.41, 5.74) is 0.231. The third-order valence-corrected chi connectivity index (χ3v) is 7.63. The Morgan fingerprint density at radius 2 is 1.70 bits per heavy atom. The maximum Gasteiger partial charge on any atom is 0.416 e. The number of aromatic nitrogens is 4. The lowest BCUT2D eigenvalue weighted by Gasteiger charge is -2.41. The fourth-order valence-electron chi connectivity index (χ4n) is 4.95. The second-order valence-electron chi connectivity index (χ2n) is 11.0. The monoisotopic (exact) mass is 577 g/mol. The van der Waals surface area contributed by atoms with Gasteiger partial charge in [-0.25, -0.2) is 4.79 Å². The molecule has 4 rings (SSSR count). The Labute approximate surface area is 234 Å². The number of urea groups is 1. The van der Waals surface area contributed by atoms with Gasteiger partial charge < -0.3 is 10.2 Å². The van der Waals surface area contributed by atoms with Gasteiger partial charge >= 0.3 is 12.2 Å². The van der Waals surface area contributed by atoms with Crippen molar-refractivity contribution in [2.24, 2.45) is 11.3 Å². The Morgan fingerprint density at radius 3 is 2.27 bits per heavy atom. The predicted molar refractivity (Wildman–Crippen MR) is 145 cm³/mol. The number of nitrogens with zero attached hydrogens (tertiary/aromatic N) is 4. The highest BCUT2D eigenvalue weighted by molar-refractivity contribution is 6.33. The third-order valence-electron chi connectivity index (χ3n) is 7.30. The highest BCUT2D eigenvalue weighted by Gasteiger charge is 2.35. The van der Waals surface area contributed by atoms with E-state index in [4.69, 9.17) is 11.6 Å². The molecule has 0 spiro atoms. The van der Waals surface area contributed by atoms with E-state index in [0.29, 0.717) is 11.5 Å². The molecular formula is C27H31ClF3N7O2. The number of benzene rings is 2. The quantitative estimate of drug-likeness (QED) is 0.299. The van der Waals surface area contributed by atoms with E-state index in [1.165, 1.54) is 0 Å². The number of hydrogen-bond donors (Lipinski definition) is 3. The molecule has 9 nitrogen and oxygen atoms in total. The van der Waals surface area contributed by atoms with Gasteiger partial charge in [-0.3, -0.25) is 10.1 Å². The summed E-state index contributed by atoms with van der Waals surface area (Å²) in [6, 6.07) is 8.85. The highest BCUT2D eigenvalue weighted by atomic mass is 35.5. The highest BCUT2D eigenvalue weighted by Crippen LogP contribution is 2.40. The van der Waals surface area contributed by atoms with E-state index in [1.54, 1.807) is 29.2 Å². The molecule has 0 aliphatic heterocycles. The molecule has 3 N–H and O–H groups in total. The minimum atomic E-state index is -4.58. The molecule has 1 saturated carbocycles. The zero-order valence-electron chi connectivity index (χ0n) is 22.3. The van der Waals surface area contributed by atoms with Crippen molar-refractivity contribution in [1.82, 2.24) is 25.5 Å². The number of hydrogen-bond acceptors (Lipinski definition) is 5. The van der Waals surface area contributed by atoms with Crippen LogP contribution in [0.25, 0.3) is 0 Å². The van der Waals surface area contributed by atoms with E-state index >= 15 is 0 Å². The van der Waals surface area contributed by atoms with Crippen molar-refractivity contribution in [3.05, 3.63) is 64.2 Å². The van der Waals surface area contributed by atoms with Gasteiger partial charge in [0, 0.05) is 18.2 Å². The molecule has 0 atom stereocenters. The molecule has 40 heavy (non-hydrogen) atoms. The van der Waals surface area contributed by atoms with Crippen molar-refractivity contribution >= 4 is 35.2 Å². The molecule has 1 fully saturated rings. The van der Waals surface area contributed by atoms with Crippen LogP contribution in [-0.4, -0.2) is 43.5 Å². The Hall–Kier alpha value is -3.67. The van der Waals surface area contributed by atoms with Gasteiger partial charge in [0.2, 0.25) is 0 Å². The van der Waals surface area contributed by atoms with Crippen LogP contribution in [0.2, 0.25) is 5.02 Å². The lowest BCUT2D eigenvalue weighted by Crippen LogP contribution is -2.45. The molecule has 1 aromatic heterocycles. The first-order valence-corrected chi connectivity index (χ1v) is 13.3. The first-order chi connectivity index (χ1) is 18.8. The maximum atomic E-state index is 13.5. The molecule has 3 aromatic rings. The first-order valence-electron chi connectivity index (χ1n) is 12.9. The summed E-state index contributed by atoms with van der Waals surface area (Å²) in [4.78, 5) is 27.6. The standard InChI is InChI=1S/C27H31ClF3N7O2/c1-26(2,3)18-8-11-20(12-9-18)38(25(40)32-22-14-19(27(29,30)31)10-13-21(22)28)15-16-4-6-17(7-5-16)23(39)33-24-34-36-37-35-24/h4-7,10,13-14,18,20H,8-9,11-12,15H2,1-3H3,(H,32,40)(H2,33,34,35,36,37,39). The third kappa shape index (κ3) is 7.29. The molecule has 0 saturated heterocycles. The zero-order valence-corrected chi connectivity index (χ0v) is 23.1. The normalized spacial score (nSPS) is 17.8. The summed E-state index contributed by atoms with van der Waals surface area (Å²) in [5.74, 6) is 0.113. The Bertz CT molecular complexity index is 1320. The van der Waals surface area contributed by atoms with Gasteiger partial charge in [0.1, 0.15) is 0 Å². The van der Waals surface area contributed by atoms with Crippen molar-refractivity contribution in [3.63, 3.8) is 0 Å². The molecular weight excluding hydrogens is 547 g/mol. The fourth-order valence-corrected chi connectivity index (χ4v) is 5.12. The van der Waals surface area contributed by atoms with E-state index in [1.807, 2.05) is 0 Å². The van der Waals surface area contributed by atoms with Crippen molar-refractivity contribution < 1.29 is 22.8 Å². The number of carbonyl (C=O) groups is 2. The van der Waals surface area contributed by atoms with Gasteiger partial charge in [0.25, 0.3) is 11.9 Å². The number of halogens is 4. The van der Waals surface area contributed by atoms with E-state index in [2.05, 4.69) is 52.0 Å². The maximum absolute atomic E-state index is 13.5. The summed E-state index contributed by atoms with van der Waals surface area (Å²) >= 11 is 6.15. The zero-order chi connectivity index (χ0) is 29.1. The van der Waals surface area contributed by atoms with Gasteiger partial charge in [-0.1, -0.05) is 49.6 Å². The van der Waals surface area contributed by atoms with Crippen LogP contribution >= 0.6 is 11.6 Å². The van der Waals surface area contributed by atoms with Crippen molar-refractivity contribution in [2.45, 2.75) is 65.2 Å². The van der Waals surface area contributed by atoms with Crippen LogP contribution in [0.1, 0.15) is 67.9 Å². The summed E-state index contributed by atoms with van der Waals surface area (Å²) in [6.07, 6.45) is -1.20. The minimum absolute atomic E-state index is 0.00899. The van der Waals surface area contributed by atoms with E-state index < -0.39 is 23.7 Å². The van der Waals surface area contributed by atoms with Crippen LogP contribution in [0.4, 0.5) is 29.6 Å². The predicted octanol–water partition coefficient (Wildman–Crippen LogP) is 6.76. The molecule has 2 aromatic carbocycles. The molecule has 0 radical (unpaired) electrons. The lowest BCUT2D eigenvalue weighted by atomic mass is 9.71. The number of tetrazole rings is 1. The van der Waals surface area contributed by atoms with E-state index in [-0.39, 0.29) is 34.7 Å². The SMILES string of the molecule is CC(C)(C)C1CCC(N(Cc2ccc(C(=O)Nc3nn[nH]n3)cc2)C(=O)Nc2cc(C(F)(F)F)ccc2Cl)CC1. The Kier molecular flexibility index (Phi) is 8.67. The molecule has 214 valence electrons. The van der Waals surface area contributed by atoms with Gasteiger partial charge in [0.15, 0.2) is 0 Å². The number of H-pyrrole nitrogens is 1. The van der Waals surface area contributed by atoms with Gasteiger partial charge in [0.05, 0.1) is 16.3 Å². The lowest BCUT2D eigenvalue weighted by molar-refractivity contribution is -0.137. The van der Waals surface area contributed by atoms with E-state index in [0.717, 1.165) is 49.4 Å². The Balaban J connectivity index is 1.53. The van der Waals surface area contributed by atoms with Crippen molar-refractivity contribution in [3.8, 4) is 0 Å². The van der Waals surface area contributed by atoms with Gasteiger partial charge in [-0.2, -0.15) is 18.4 Å². The summed E-state index contributed by atoms with van der Waals surface area (Å²) < 4.78 is 39.9. The topological polar surface area (TPSA) is 116 Å². The van der Waals surface area contributed by atoms with Crippen LogP contribution in [0.3, 0.4) is 0 Å². The fraction of sp³-hybridized carbons (Fsp3) is 0.444. The average Bonchev–Trinajstić information content (AvgIpc) is 3.41.